The minimum atomic E-state index is 0.256. The first-order chi connectivity index (χ1) is 6.76. The molecule has 1 atom stereocenters. The number of carbonyl (C=O) groups excluding carboxylic acids is 1. The lowest BCUT2D eigenvalue weighted by molar-refractivity contribution is -0.125. The van der Waals surface area contributed by atoms with Crippen molar-refractivity contribution in [3.8, 4) is 0 Å². The first-order valence-corrected chi connectivity index (χ1v) is 6.03. The van der Waals surface area contributed by atoms with Crippen molar-refractivity contribution in [1.29, 1.82) is 0 Å². The van der Waals surface area contributed by atoms with E-state index in [-0.39, 0.29) is 11.8 Å². The number of amides is 1. The molecule has 0 bridgehead atoms. The Bertz CT molecular complexity index is 145. The topological polar surface area (TPSA) is 29.1 Å². The van der Waals surface area contributed by atoms with Gasteiger partial charge in [-0.2, -0.15) is 0 Å². The molecule has 0 rings (SSSR count). The lowest BCUT2D eigenvalue weighted by Gasteiger charge is -2.15. The Morgan fingerprint density at radius 1 is 1.07 bits per heavy atom. The minimum absolute atomic E-state index is 0.256. The molecule has 0 aliphatic carbocycles. The van der Waals surface area contributed by atoms with Gasteiger partial charge in [-0.25, -0.2) is 0 Å². The summed E-state index contributed by atoms with van der Waals surface area (Å²) in [7, 11) is 0. The number of nitrogens with one attached hydrogen (secondary N) is 1. The third kappa shape index (κ3) is 6.01. The molecule has 2 heteroatoms. The molecular weight excluding hydrogens is 174 g/mol. The van der Waals surface area contributed by atoms with Crippen LogP contribution in [0.3, 0.4) is 0 Å². The van der Waals surface area contributed by atoms with Crippen molar-refractivity contribution in [2.45, 2.75) is 59.3 Å². The Hall–Kier alpha value is -0.530. The van der Waals surface area contributed by atoms with Gasteiger partial charge in [-0.1, -0.05) is 40.0 Å². The average molecular weight is 199 g/mol. The van der Waals surface area contributed by atoms with Crippen LogP contribution in [0.25, 0.3) is 0 Å². The van der Waals surface area contributed by atoms with E-state index in [4.69, 9.17) is 0 Å². The predicted molar refractivity (Wildman–Crippen MR) is 61.2 cm³/mol. The Balaban J connectivity index is 3.84. The molecule has 0 saturated heterocycles. The van der Waals surface area contributed by atoms with Crippen LogP contribution in [0.1, 0.15) is 59.3 Å². The lowest BCUT2D eigenvalue weighted by atomic mass is 9.96. The molecule has 84 valence electrons. The third-order valence-corrected chi connectivity index (χ3v) is 2.46. The Morgan fingerprint density at radius 2 is 1.79 bits per heavy atom. The summed E-state index contributed by atoms with van der Waals surface area (Å²) < 4.78 is 0. The van der Waals surface area contributed by atoms with Crippen molar-refractivity contribution >= 4 is 5.91 Å². The summed E-state index contributed by atoms with van der Waals surface area (Å²) in [6.07, 6.45) is 6.58. The normalized spacial score (nSPS) is 12.5. The van der Waals surface area contributed by atoms with Gasteiger partial charge in [0, 0.05) is 12.5 Å². The van der Waals surface area contributed by atoms with Crippen LogP contribution in [-0.4, -0.2) is 12.5 Å². The third-order valence-electron chi connectivity index (χ3n) is 2.46. The van der Waals surface area contributed by atoms with Gasteiger partial charge in [0.05, 0.1) is 0 Å². The van der Waals surface area contributed by atoms with Crippen LogP contribution in [0.5, 0.6) is 0 Å². The number of hydrogen-bond acceptors (Lipinski definition) is 1. The zero-order chi connectivity index (χ0) is 10.8. The fourth-order valence-electron chi connectivity index (χ4n) is 1.60. The maximum Gasteiger partial charge on any atom is 0.223 e. The summed E-state index contributed by atoms with van der Waals surface area (Å²) in [6, 6.07) is 0. The summed E-state index contributed by atoms with van der Waals surface area (Å²) in [4.78, 5) is 11.7. The van der Waals surface area contributed by atoms with Gasteiger partial charge in [-0.05, 0) is 19.3 Å². The molecule has 0 radical (unpaired) electrons. The minimum Gasteiger partial charge on any atom is -0.356 e. The predicted octanol–water partition coefficient (Wildman–Crippen LogP) is 3.12. The first-order valence-electron chi connectivity index (χ1n) is 6.03. The average Bonchev–Trinajstić information content (AvgIpc) is 2.20. The molecule has 0 aromatic rings. The standard InChI is InChI=1S/C12H25NO/c1-4-7-9-11(8-5-2)12(14)13-10-6-3/h11H,4-10H2,1-3H3,(H,13,14). The highest BCUT2D eigenvalue weighted by atomic mass is 16.1. The van der Waals surface area contributed by atoms with Gasteiger partial charge in [0.2, 0.25) is 5.91 Å². The van der Waals surface area contributed by atoms with Crippen molar-refractivity contribution in [3.05, 3.63) is 0 Å². The SMILES string of the molecule is CCCCC(CCC)C(=O)NCCC. The highest BCUT2D eigenvalue weighted by Crippen LogP contribution is 2.14. The van der Waals surface area contributed by atoms with E-state index < -0.39 is 0 Å². The molecule has 0 aliphatic heterocycles. The van der Waals surface area contributed by atoms with E-state index in [0.29, 0.717) is 0 Å². The zero-order valence-electron chi connectivity index (χ0n) is 9.94. The second kappa shape index (κ2) is 9.04. The van der Waals surface area contributed by atoms with Crippen LogP contribution in [0.15, 0.2) is 0 Å². The Labute approximate surface area is 88.5 Å². The van der Waals surface area contributed by atoms with E-state index in [1.807, 2.05) is 0 Å². The molecule has 0 aromatic heterocycles. The smallest absolute Gasteiger partial charge is 0.223 e. The molecule has 2 nitrogen and oxygen atoms in total. The largest absolute Gasteiger partial charge is 0.356 e. The lowest BCUT2D eigenvalue weighted by Crippen LogP contribution is -2.31. The molecule has 0 saturated carbocycles. The molecule has 0 aliphatic rings. The summed E-state index contributed by atoms with van der Waals surface area (Å²) in [5.41, 5.74) is 0. The van der Waals surface area contributed by atoms with Crippen molar-refractivity contribution in [3.63, 3.8) is 0 Å². The van der Waals surface area contributed by atoms with Gasteiger partial charge in [0.25, 0.3) is 0 Å². The summed E-state index contributed by atoms with van der Waals surface area (Å²) in [5.74, 6) is 0.522. The van der Waals surface area contributed by atoms with Crippen LogP contribution < -0.4 is 5.32 Å². The highest BCUT2D eigenvalue weighted by molar-refractivity contribution is 5.78. The summed E-state index contributed by atoms with van der Waals surface area (Å²) in [6.45, 7) is 7.23. The van der Waals surface area contributed by atoms with Crippen LogP contribution in [0, 0.1) is 5.92 Å². The molecule has 1 amide bonds. The van der Waals surface area contributed by atoms with Crippen molar-refractivity contribution in [2.24, 2.45) is 5.92 Å². The van der Waals surface area contributed by atoms with Gasteiger partial charge in [-0.3, -0.25) is 4.79 Å². The van der Waals surface area contributed by atoms with Crippen molar-refractivity contribution < 1.29 is 4.79 Å². The first kappa shape index (κ1) is 13.5. The molecule has 1 N–H and O–H groups in total. The zero-order valence-corrected chi connectivity index (χ0v) is 9.94. The van der Waals surface area contributed by atoms with E-state index >= 15 is 0 Å². The van der Waals surface area contributed by atoms with Crippen LogP contribution in [0.2, 0.25) is 0 Å². The van der Waals surface area contributed by atoms with Gasteiger partial charge >= 0.3 is 0 Å². The molecule has 14 heavy (non-hydrogen) atoms. The summed E-state index contributed by atoms with van der Waals surface area (Å²) >= 11 is 0. The number of carbonyl (C=O) groups is 1. The maximum atomic E-state index is 11.7. The molecule has 1 unspecified atom stereocenters. The second-order valence-electron chi connectivity index (χ2n) is 3.92. The van der Waals surface area contributed by atoms with E-state index in [0.717, 1.165) is 32.2 Å². The van der Waals surface area contributed by atoms with Crippen LogP contribution in [0.4, 0.5) is 0 Å². The fourth-order valence-corrected chi connectivity index (χ4v) is 1.60. The summed E-state index contributed by atoms with van der Waals surface area (Å²) in [5, 5.41) is 2.99. The number of unbranched alkanes of at least 4 members (excludes halogenated alkanes) is 1. The molecular formula is C12H25NO. The number of hydrogen-bond donors (Lipinski definition) is 1. The molecule has 0 heterocycles. The molecule has 0 fully saturated rings. The monoisotopic (exact) mass is 199 g/mol. The van der Waals surface area contributed by atoms with Gasteiger partial charge < -0.3 is 5.32 Å². The molecule has 0 aromatic carbocycles. The van der Waals surface area contributed by atoms with Crippen LogP contribution >= 0.6 is 0 Å². The van der Waals surface area contributed by atoms with Gasteiger partial charge in [-0.15, -0.1) is 0 Å². The molecule has 0 spiro atoms. The Morgan fingerprint density at radius 3 is 2.29 bits per heavy atom. The van der Waals surface area contributed by atoms with Crippen molar-refractivity contribution in [2.75, 3.05) is 6.54 Å². The Kier molecular flexibility index (Phi) is 8.70. The fraction of sp³-hybridized carbons (Fsp3) is 0.917. The van der Waals surface area contributed by atoms with E-state index in [9.17, 15) is 4.79 Å². The second-order valence-corrected chi connectivity index (χ2v) is 3.92. The van der Waals surface area contributed by atoms with Gasteiger partial charge in [0.15, 0.2) is 0 Å². The maximum absolute atomic E-state index is 11.7. The van der Waals surface area contributed by atoms with E-state index in [1.165, 1.54) is 12.8 Å². The number of rotatable bonds is 8. The van der Waals surface area contributed by atoms with Gasteiger partial charge in [0.1, 0.15) is 0 Å². The van der Waals surface area contributed by atoms with E-state index in [2.05, 4.69) is 26.1 Å². The van der Waals surface area contributed by atoms with E-state index in [1.54, 1.807) is 0 Å². The van der Waals surface area contributed by atoms with Crippen LogP contribution in [-0.2, 0) is 4.79 Å². The highest BCUT2D eigenvalue weighted by Gasteiger charge is 2.15. The van der Waals surface area contributed by atoms with Crippen molar-refractivity contribution in [1.82, 2.24) is 5.32 Å². The quantitative estimate of drug-likeness (QED) is 0.639.